The first-order valence-electron chi connectivity index (χ1n) is 5.59. The van der Waals surface area contributed by atoms with Crippen molar-refractivity contribution in [3.05, 3.63) is 18.3 Å². The predicted molar refractivity (Wildman–Crippen MR) is 66.1 cm³/mol. The minimum Gasteiger partial charge on any atom is -0.490 e. The second kappa shape index (κ2) is 7.32. The Kier molecular flexibility index (Phi) is 5.63. The Bertz CT molecular complexity index is 357. The average molecular weight is 238 g/mol. The van der Waals surface area contributed by atoms with E-state index in [-0.39, 0.29) is 0 Å². The number of primary amides is 1. The van der Waals surface area contributed by atoms with Gasteiger partial charge in [-0.2, -0.15) is 0 Å². The third-order valence-corrected chi connectivity index (χ3v) is 1.95. The number of ether oxygens (including phenoxy) is 1. The largest absolute Gasteiger partial charge is 0.490 e. The number of rotatable bonds is 7. The molecule has 1 aromatic heterocycles. The van der Waals surface area contributed by atoms with Crippen LogP contribution in [0.15, 0.2) is 18.3 Å². The maximum absolute atomic E-state index is 10.5. The van der Waals surface area contributed by atoms with Crippen molar-refractivity contribution in [1.82, 2.24) is 10.3 Å². The van der Waals surface area contributed by atoms with Gasteiger partial charge in [-0.3, -0.25) is 0 Å². The Balaban J connectivity index is 2.43. The summed E-state index contributed by atoms with van der Waals surface area (Å²) in [5.41, 5.74) is 4.95. The van der Waals surface area contributed by atoms with Gasteiger partial charge in [-0.25, -0.2) is 9.78 Å². The number of nitrogens with two attached hydrogens (primary N) is 1. The lowest BCUT2D eigenvalue weighted by Gasteiger charge is -2.11. The number of amides is 2. The standard InChI is InChI=1S/C11H18N4O2/c1-2-8-17-9-4-3-5-13-10(9)14-6-7-15-11(12)16/h3-5H,2,6-8H2,1H3,(H,13,14)(H3,12,15,16). The molecule has 0 unspecified atom stereocenters. The van der Waals surface area contributed by atoms with Crippen molar-refractivity contribution >= 4 is 11.8 Å². The molecule has 0 aliphatic heterocycles. The molecule has 94 valence electrons. The summed E-state index contributed by atoms with van der Waals surface area (Å²) < 4.78 is 5.53. The Morgan fingerprint density at radius 3 is 3.06 bits per heavy atom. The lowest BCUT2D eigenvalue weighted by Crippen LogP contribution is -2.33. The van der Waals surface area contributed by atoms with Crippen LogP contribution in [0.4, 0.5) is 10.6 Å². The Labute approximate surface area is 101 Å². The van der Waals surface area contributed by atoms with Gasteiger partial charge in [0.25, 0.3) is 0 Å². The molecule has 1 heterocycles. The highest BCUT2D eigenvalue weighted by Crippen LogP contribution is 2.20. The number of urea groups is 1. The summed E-state index contributed by atoms with van der Waals surface area (Å²) in [4.78, 5) is 14.6. The zero-order chi connectivity index (χ0) is 12.5. The minimum atomic E-state index is -0.532. The molecule has 0 saturated heterocycles. The molecule has 4 N–H and O–H groups in total. The van der Waals surface area contributed by atoms with Crippen molar-refractivity contribution in [2.24, 2.45) is 5.73 Å². The molecule has 17 heavy (non-hydrogen) atoms. The Hall–Kier alpha value is -1.98. The third-order valence-electron chi connectivity index (χ3n) is 1.95. The molecule has 0 aliphatic carbocycles. The number of anilines is 1. The molecule has 0 aliphatic rings. The van der Waals surface area contributed by atoms with Crippen LogP contribution in [0.1, 0.15) is 13.3 Å². The van der Waals surface area contributed by atoms with Gasteiger partial charge in [0, 0.05) is 19.3 Å². The quantitative estimate of drug-likeness (QED) is 0.617. The van der Waals surface area contributed by atoms with E-state index in [9.17, 15) is 4.79 Å². The van der Waals surface area contributed by atoms with Crippen LogP contribution in [-0.4, -0.2) is 30.7 Å². The lowest BCUT2D eigenvalue weighted by atomic mass is 10.4. The molecule has 0 spiro atoms. The van der Waals surface area contributed by atoms with Crippen LogP contribution in [0, 0.1) is 0 Å². The van der Waals surface area contributed by atoms with Crippen molar-refractivity contribution in [1.29, 1.82) is 0 Å². The minimum absolute atomic E-state index is 0.444. The summed E-state index contributed by atoms with van der Waals surface area (Å²) in [7, 11) is 0. The molecule has 6 heteroatoms. The lowest BCUT2D eigenvalue weighted by molar-refractivity contribution is 0.249. The fourth-order valence-electron chi connectivity index (χ4n) is 1.22. The maximum Gasteiger partial charge on any atom is 0.312 e. The van der Waals surface area contributed by atoms with E-state index < -0.39 is 6.03 Å². The summed E-state index contributed by atoms with van der Waals surface area (Å²) in [5.74, 6) is 1.39. The fraction of sp³-hybridized carbons (Fsp3) is 0.455. The smallest absolute Gasteiger partial charge is 0.312 e. The second-order valence-electron chi connectivity index (χ2n) is 3.42. The van der Waals surface area contributed by atoms with E-state index in [0.717, 1.165) is 6.42 Å². The van der Waals surface area contributed by atoms with Gasteiger partial charge in [0.15, 0.2) is 11.6 Å². The molecule has 0 saturated carbocycles. The zero-order valence-electron chi connectivity index (χ0n) is 9.90. The summed E-state index contributed by atoms with van der Waals surface area (Å²) in [6.45, 7) is 3.68. The van der Waals surface area contributed by atoms with Gasteiger partial charge in [0.2, 0.25) is 0 Å². The van der Waals surface area contributed by atoms with E-state index in [1.807, 2.05) is 19.1 Å². The number of hydrogen-bond donors (Lipinski definition) is 3. The van der Waals surface area contributed by atoms with Crippen LogP contribution in [0.5, 0.6) is 5.75 Å². The van der Waals surface area contributed by atoms with Crippen LogP contribution in [0.3, 0.4) is 0 Å². The molecule has 1 rings (SSSR count). The highest BCUT2D eigenvalue weighted by Gasteiger charge is 2.03. The molecule has 0 atom stereocenters. The number of aromatic nitrogens is 1. The summed E-state index contributed by atoms with van der Waals surface area (Å²) >= 11 is 0. The van der Waals surface area contributed by atoms with Gasteiger partial charge in [0.1, 0.15) is 0 Å². The second-order valence-corrected chi connectivity index (χ2v) is 3.42. The van der Waals surface area contributed by atoms with Gasteiger partial charge in [-0.1, -0.05) is 6.92 Å². The van der Waals surface area contributed by atoms with E-state index >= 15 is 0 Å². The SMILES string of the molecule is CCCOc1cccnc1NCCNC(N)=O. The van der Waals surface area contributed by atoms with Gasteiger partial charge in [-0.05, 0) is 18.6 Å². The molecule has 0 fully saturated rings. The average Bonchev–Trinajstić information content (AvgIpc) is 2.33. The van der Waals surface area contributed by atoms with Crippen molar-refractivity contribution in [2.45, 2.75) is 13.3 Å². The van der Waals surface area contributed by atoms with Crippen LogP contribution in [-0.2, 0) is 0 Å². The first-order chi connectivity index (χ1) is 8.24. The van der Waals surface area contributed by atoms with Gasteiger partial charge in [0.05, 0.1) is 6.61 Å². The fourth-order valence-corrected chi connectivity index (χ4v) is 1.22. The number of pyridine rings is 1. The Morgan fingerprint density at radius 2 is 2.35 bits per heavy atom. The van der Waals surface area contributed by atoms with Gasteiger partial charge >= 0.3 is 6.03 Å². The van der Waals surface area contributed by atoms with Crippen molar-refractivity contribution < 1.29 is 9.53 Å². The molecule has 0 radical (unpaired) electrons. The molecule has 0 aromatic carbocycles. The molecule has 1 aromatic rings. The molecule has 2 amide bonds. The van der Waals surface area contributed by atoms with E-state index in [0.29, 0.717) is 31.3 Å². The first-order valence-corrected chi connectivity index (χ1v) is 5.59. The maximum atomic E-state index is 10.5. The van der Waals surface area contributed by atoms with Crippen LogP contribution in [0.25, 0.3) is 0 Å². The van der Waals surface area contributed by atoms with Gasteiger partial charge < -0.3 is 21.1 Å². The normalized spacial score (nSPS) is 9.71. The van der Waals surface area contributed by atoms with Gasteiger partial charge in [-0.15, -0.1) is 0 Å². The Morgan fingerprint density at radius 1 is 1.53 bits per heavy atom. The predicted octanol–water partition coefficient (Wildman–Crippen LogP) is 0.951. The van der Waals surface area contributed by atoms with Crippen LogP contribution in [0.2, 0.25) is 0 Å². The number of hydrogen-bond acceptors (Lipinski definition) is 4. The number of nitrogens with zero attached hydrogens (tertiary/aromatic N) is 1. The summed E-state index contributed by atoms with van der Waals surface area (Å²) in [6.07, 6.45) is 2.63. The molecular formula is C11H18N4O2. The van der Waals surface area contributed by atoms with Crippen molar-refractivity contribution in [2.75, 3.05) is 25.0 Å². The highest BCUT2D eigenvalue weighted by atomic mass is 16.5. The highest BCUT2D eigenvalue weighted by molar-refractivity contribution is 5.71. The monoisotopic (exact) mass is 238 g/mol. The third kappa shape index (κ3) is 5.05. The molecule has 6 nitrogen and oxygen atoms in total. The first kappa shape index (κ1) is 13.1. The van der Waals surface area contributed by atoms with E-state index in [1.54, 1.807) is 6.20 Å². The topological polar surface area (TPSA) is 89.3 Å². The van der Waals surface area contributed by atoms with E-state index in [1.165, 1.54) is 0 Å². The van der Waals surface area contributed by atoms with Crippen LogP contribution < -0.4 is 21.1 Å². The molecule has 0 bridgehead atoms. The van der Waals surface area contributed by atoms with Crippen LogP contribution >= 0.6 is 0 Å². The number of carbonyl (C=O) groups is 1. The van der Waals surface area contributed by atoms with Crippen molar-refractivity contribution in [3.8, 4) is 5.75 Å². The molecular weight excluding hydrogens is 220 g/mol. The number of nitrogens with one attached hydrogen (secondary N) is 2. The number of carbonyl (C=O) groups excluding carboxylic acids is 1. The zero-order valence-corrected chi connectivity index (χ0v) is 9.90. The van der Waals surface area contributed by atoms with E-state index in [4.69, 9.17) is 10.5 Å². The van der Waals surface area contributed by atoms with Crippen molar-refractivity contribution in [3.63, 3.8) is 0 Å². The summed E-state index contributed by atoms with van der Waals surface area (Å²) in [6, 6.07) is 3.14. The summed E-state index contributed by atoms with van der Waals surface area (Å²) in [5, 5.41) is 5.56. The van der Waals surface area contributed by atoms with E-state index in [2.05, 4.69) is 15.6 Å².